The van der Waals surface area contributed by atoms with Gasteiger partial charge in [0, 0.05) is 26.2 Å². The minimum atomic E-state index is -3.97. The Kier molecular flexibility index (Phi) is 24.3. The van der Waals surface area contributed by atoms with Crippen LogP contribution in [-0.4, -0.2) is 91.0 Å². The van der Waals surface area contributed by atoms with Gasteiger partial charge in [-0.05, 0) is 89.8 Å². The molecule has 3 aliphatic rings. The molecular weight excluding hydrogens is 785 g/mol. The molecule has 12 heteroatoms. The van der Waals surface area contributed by atoms with Crippen LogP contribution < -0.4 is 0 Å². The molecule has 11 nitrogen and oxygen atoms in total. The van der Waals surface area contributed by atoms with Crippen molar-refractivity contribution in [3.63, 3.8) is 0 Å². The standard InChI is InChI=1S/C48H80O11S/c1-6-7-8-9-10-11-14-17-20-40(54-35-52-4)33-42-25-29-46(57-42)47-30-26-43(58-47)34-41(55-36-53-5)21-18-15-12-13-16-19-22-44(32-39-31-38(3)56-48(39)49)59-60(50,51)45-27-23-37(2)24-28-45/h23-24,27-28,31,38,40-44,46-47H,6-22,25-26,29-30,32-36H2,1-5H3/t38-,40-,41-,42-,43-,44+,46-,47-/m1/s1. The van der Waals surface area contributed by atoms with Gasteiger partial charge < -0.3 is 33.2 Å². The lowest BCUT2D eigenvalue weighted by Crippen LogP contribution is -2.29. The Balaban J connectivity index is 1.12. The third kappa shape index (κ3) is 19.2. The molecular formula is C48H80O11S. The van der Waals surface area contributed by atoms with E-state index in [1.165, 1.54) is 51.4 Å². The molecule has 2 fully saturated rings. The summed E-state index contributed by atoms with van der Waals surface area (Å²) >= 11 is 0. The number of methoxy groups -OCH3 is 2. The first kappa shape index (κ1) is 50.7. The lowest BCUT2D eigenvalue weighted by molar-refractivity contribution is -0.139. The summed E-state index contributed by atoms with van der Waals surface area (Å²) in [5.41, 5.74) is 1.45. The van der Waals surface area contributed by atoms with Crippen molar-refractivity contribution < 1.29 is 50.6 Å². The van der Waals surface area contributed by atoms with Crippen molar-refractivity contribution >= 4 is 16.1 Å². The highest BCUT2D eigenvalue weighted by molar-refractivity contribution is 7.86. The summed E-state index contributed by atoms with van der Waals surface area (Å²) in [5.74, 6) is -0.398. The van der Waals surface area contributed by atoms with E-state index in [9.17, 15) is 13.2 Å². The number of carbonyl (C=O) groups is 1. The average molecular weight is 865 g/mol. The van der Waals surface area contributed by atoms with Crippen molar-refractivity contribution in [1.82, 2.24) is 0 Å². The Morgan fingerprint density at radius 1 is 0.667 bits per heavy atom. The largest absolute Gasteiger partial charge is 0.455 e. The fourth-order valence-corrected chi connectivity index (χ4v) is 10.0. The van der Waals surface area contributed by atoms with Gasteiger partial charge in [-0.2, -0.15) is 8.42 Å². The van der Waals surface area contributed by atoms with E-state index in [-0.39, 0.29) is 60.8 Å². The highest BCUT2D eigenvalue weighted by Crippen LogP contribution is 2.35. The van der Waals surface area contributed by atoms with Gasteiger partial charge >= 0.3 is 5.97 Å². The summed E-state index contributed by atoms with van der Waals surface area (Å²) in [6, 6.07) is 6.63. The molecule has 0 bridgehead atoms. The van der Waals surface area contributed by atoms with E-state index in [4.69, 9.17) is 37.3 Å². The van der Waals surface area contributed by atoms with Crippen molar-refractivity contribution in [2.24, 2.45) is 0 Å². The normalized spacial score (nSPS) is 23.5. The van der Waals surface area contributed by atoms with E-state index in [2.05, 4.69) is 6.92 Å². The Hall–Kier alpha value is -1.90. The number of ether oxygens (including phenoxy) is 7. The molecule has 0 spiro atoms. The highest BCUT2D eigenvalue weighted by Gasteiger charge is 2.38. The number of hydrogen-bond donors (Lipinski definition) is 0. The minimum Gasteiger partial charge on any atom is -0.455 e. The molecule has 8 atom stereocenters. The van der Waals surface area contributed by atoms with Gasteiger partial charge in [0.1, 0.15) is 19.7 Å². The van der Waals surface area contributed by atoms with Gasteiger partial charge in [0.25, 0.3) is 10.1 Å². The lowest BCUT2D eigenvalue weighted by Gasteiger charge is -2.25. The van der Waals surface area contributed by atoms with Crippen LogP contribution in [0.3, 0.4) is 0 Å². The van der Waals surface area contributed by atoms with Crippen LogP contribution in [-0.2, 0) is 52.3 Å². The number of carbonyl (C=O) groups excluding carboxylic acids is 1. The van der Waals surface area contributed by atoms with Crippen molar-refractivity contribution in [1.29, 1.82) is 0 Å². The molecule has 0 saturated carbocycles. The Morgan fingerprint density at radius 2 is 1.13 bits per heavy atom. The number of cyclic esters (lactones) is 1. The molecule has 1 aromatic rings. The fourth-order valence-electron chi connectivity index (χ4n) is 8.92. The first-order valence-electron chi connectivity index (χ1n) is 23.5. The van der Waals surface area contributed by atoms with Crippen molar-refractivity contribution in [2.45, 2.75) is 229 Å². The zero-order valence-corrected chi connectivity index (χ0v) is 38.6. The van der Waals surface area contributed by atoms with Crippen LogP contribution in [0.25, 0.3) is 0 Å². The van der Waals surface area contributed by atoms with Crippen LogP contribution in [0.15, 0.2) is 40.8 Å². The molecule has 0 aromatic heterocycles. The molecule has 0 aliphatic carbocycles. The molecule has 3 heterocycles. The van der Waals surface area contributed by atoms with Gasteiger partial charge in [0.2, 0.25) is 0 Å². The van der Waals surface area contributed by atoms with Crippen LogP contribution in [0.4, 0.5) is 0 Å². The summed E-state index contributed by atoms with van der Waals surface area (Å²) in [6.07, 6.45) is 26.9. The number of aryl methyl sites for hydroxylation is 1. The zero-order valence-electron chi connectivity index (χ0n) is 37.8. The quantitative estimate of drug-likeness (QED) is 0.0284. The third-order valence-electron chi connectivity index (χ3n) is 12.3. The van der Waals surface area contributed by atoms with Gasteiger partial charge in [-0.25, -0.2) is 4.79 Å². The molecule has 344 valence electrons. The van der Waals surface area contributed by atoms with Gasteiger partial charge in [-0.1, -0.05) is 115 Å². The zero-order chi connectivity index (χ0) is 43.0. The molecule has 1 aromatic carbocycles. The van der Waals surface area contributed by atoms with Crippen LogP contribution in [0.5, 0.6) is 0 Å². The monoisotopic (exact) mass is 865 g/mol. The van der Waals surface area contributed by atoms with Crippen molar-refractivity contribution in [3.05, 3.63) is 41.5 Å². The van der Waals surface area contributed by atoms with Crippen LogP contribution in [0.1, 0.15) is 174 Å². The number of unbranched alkanes of at least 4 members (excludes halogenated alkanes) is 12. The summed E-state index contributed by atoms with van der Waals surface area (Å²) in [7, 11) is -0.618. The topological polar surface area (TPSA) is 125 Å². The van der Waals surface area contributed by atoms with E-state index in [1.807, 2.05) is 6.92 Å². The molecule has 3 aliphatic heterocycles. The smallest absolute Gasteiger partial charge is 0.334 e. The summed E-state index contributed by atoms with van der Waals surface area (Å²) < 4.78 is 73.3. The van der Waals surface area contributed by atoms with E-state index >= 15 is 0 Å². The predicted octanol–water partition coefficient (Wildman–Crippen LogP) is 10.8. The number of esters is 1. The molecule has 0 amide bonds. The summed E-state index contributed by atoms with van der Waals surface area (Å²) in [6.45, 7) is 6.58. The second-order valence-electron chi connectivity index (χ2n) is 17.6. The summed E-state index contributed by atoms with van der Waals surface area (Å²) in [4.78, 5) is 12.5. The first-order chi connectivity index (χ1) is 29.1. The Bertz CT molecular complexity index is 1450. The van der Waals surface area contributed by atoms with Crippen molar-refractivity contribution in [3.8, 4) is 0 Å². The van der Waals surface area contributed by atoms with Gasteiger partial charge in [0.15, 0.2) is 0 Å². The summed E-state index contributed by atoms with van der Waals surface area (Å²) in [5, 5.41) is 0. The number of rotatable bonds is 34. The Morgan fingerprint density at radius 3 is 1.58 bits per heavy atom. The van der Waals surface area contributed by atoms with Gasteiger partial charge in [0.05, 0.1) is 47.6 Å². The number of benzene rings is 1. The molecule has 0 unspecified atom stereocenters. The van der Waals surface area contributed by atoms with Crippen LogP contribution >= 0.6 is 0 Å². The molecule has 4 rings (SSSR count). The van der Waals surface area contributed by atoms with Gasteiger partial charge in [-0.15, -0.1) is 0 Å². The van der Waals surface area contributed by atoms with E-state index in [0.717, 1.165) is 95.5 Å². The van der Waals surface area contributed by atoms with E-state index in [1.54, 1.807) is 51.5 Å². The maximum atomic E-state index is 13.1. The second-order valence-corrected chi connectivity index (χ2v) is 19.1. The highest BCUT2D eigenvalue weighted by atomic mass is 32.2. The Labute approximate surface area is 363 Å². The predicted molar refractivity (Wildman–Crippen MR) is 234 cm³/mol. The minimum absolute atomic E-state index is 0.0775. The fraction of sp³-hybridized carbons (Fsp3) is 0.812. The van der Waals surface area contributed by atoms with E-state index < -0.39 is 22.2 Å². The van der Waals surface area contributed by atoms with Crippen molar-refractivity contribution in [2.75, 3.05) is 27.8 Å². The maximum absolute atomic E-state index is 13.1. The average Bonchev–Trinajstić information content (AvgIpc) is 3.97. The maximum Gasteiger partial charge on any atom is 0.334 e. The van der Waals surface area contributed by atoms with Gasteiger partial charge in [-0.3, -0.25) is 4.18 Å². The number of hydrogen-bond acceptors (Lipinski definition) is 11. The first-order valence-corrected chi connectivity index (χ1v) is 24.9. The van der Waals surface area contributed by atoms with Crippen LogP contribution in [0.2, 0.25) is 0 Å². The van der Waals surface area contributed by atoms with E-state index in [0.29, 0.717) is 18.8 Å². The SMILES string of the molecule is CCCCCCCCCC[C@H](C[C@H]1CC[C@H]([C@H]2CC[C@H](C[C@@H](CCCCCCCC[C@@H](CC3=C[C@@H](C)OC3=O)OS(=O)(=O)c3ccc(C)cc3)OCOC)O2)O1)OCOC. The molecule has 60 heavy (non-hydrogen) atoms. The molecule has 0 radical (unpaired) electrons. The van der Waals surface area contributed by atoms with Crippen LogP contribution in [0, 0.1) is 6.92 Å². The molecule has 0 N–H and O–H groups in total. The second kappa shape index (κ2) is 28.7. The lowest BCUT2D eigenvalue weighted by atomic mass is 10.00. The third-order valence-corrected chi connectivity index (χ3v) is 13.7. The molecule has 2 saturated heterocycles.